The maximum absolute atomic E-state index is 11.5. The van der Waals surface area contributed by atoms with Crippen LogP contribution in [0.4, 0.5) is 5.82 Å². The fourth-order valence-electron chi connectivity index (χ4n) is 2.52. The maximum Gasteiger partial charge on any atom is 0.219 e. The molecule has 19 heavy (non-hydrogen) atoms. The number of piperidine rings is 1. The summed E-state index contributed by atoms with van der Waals surface area (Å²) < 4.78 is 0. The van der Waals surface area contributed by atoms with Crippen LogP contribution in [0.25, 0.3) is 0 Å². The lowest BCUT2D eigenvalue weighted by Gasteiger charge is -2.32. The zero-order chi connectivity index (χ0) is 14.0. The van der Waals surface area contributed by atoms with Gasteiger partial charge >= 0.3 is 0 Å². The highest BCUT2D eigenvalue weighted by atomic mass is 16.2. The van der Waals surface area contributed by atoms with E-state index in [2.05, 4.69) is 9.97 Å². The molecule has 0 spiro atoms. The average Bonchev–Trinajstić information content (AvgIpc) is 2.38. The highest BCUT2D eigenvalue weighted by molar-refractivity contribution is 5.73. The molecule has 0 saturated carbocycles. The Morgan fingerprint density at radius 3 is 2.79 bits per heavy atom. The van der Waals surface area contributed by atoms with Gasteiger partial charge in [0.1, 0.15) is 11.6 Å². The molecule has 1 aliphatic heterocycles. The van der Waals surface area contributed by atoms with Crippen LogP contribution in [0.15, 0.2) is 6.07 Å². The molecule has 1 aliphatic rings. The predicted molar refractivity (Wildman–Crippen MR) is 75.3 cm³/mol. The minimum Gasteiger partial charge on any atom is -0.363 e. The van der Waals surface area contributed by atoms with E-state index in [1.807, 2.05) is 36.9 Å². The summed E-state index contributed by atoms with van der Waals surface area (Å²) in [5, 5.41) is 0. The first-order valence-corrected chi connectivity index (χ1v) is 6.76. The van der Waals surface area contributed by atoms with E-state index in [9.17, 15) is 4.79 Å². The first-order chi connectivity index (χ1) is 8.97. The van der Waals surface area contributed by atoms with E-state index in [1.165, 1.54) is 0 Å². The smallest absolute Gasteiger partial charge is 0.219 e. The van der Waals surface area contributed by atoms with Gasteiger partial charge in [0.05, 0.1) is 5.69 Å². The van der Waals surface area contributed by atoms with E-state index in [4.69, 9.17) is 0 Å². The van der Waals surface area contributed by atoms with Crippen molar-refractivity contribution < 1.29 is 4.79 Å². The summed E-state index contributed by atoms with van der Waals surface area (Å²) in [4.78, 5) is 24.4. The summed E-state index contributed by atoms with van der Waals surface area (Å²) in [6.45, 7) is 5.20. The third kappa shape index (κ3) is 3.22. The van der Waals surface area contributed by atoms with E-state index >= 15 is 0 Å². The van der Waals surface area contributed by atoms with Crippen molar-refractivity contribution >= 4 is 11.7 Å². The second kappa shape index (κ2) is 5.55. The Hall–Kier alpha value is -1.65. The van der Waals surface area contributed by atoms with Crippen LogP contribution in [-0.2, 0) is 4.79 Å². The number of aryl methyl sites for hydroxylation is 1. The van der Waals surface area contributed by atoms with Gasteiger partial charge in [0.2, 0.25) is 5.91 Å². The van der Waals surface area contributed by atoms with Gasteiger partial charge in [0, 0.05) is 46.1 Å². The van der Waals surface area contributed by atoms with E-state index < -0.39 is 0 Å². The molecule has 1 amide bonds. The van der Waals surface area contributed by atoms with Gasteiger partial charge in [-0.1, -0.05) is 0 Å². The van der Waals surface area contributed by atoms with Gasteiger partial charge in [-0.05, 0) is 19.8 Å². The maximum atomic E-state index is 11.5. The van der Waals surface area contributed by atoms with Gasteiger partial charge in [0.15, 0.2) is 0 Å². The molecule has 1 atom stereocenters. The average molecular weight is 262 g/mol. The van der Waals surface area contributed by atoms with Crippen LogP contribution in [0.3, 0.4) is 0 Å². The molecule has 5 heteroatoms. The normalized spacial score (nSPS) is 19.4. The molecule has 1 aromatic rings. The summed E-state index contributed by atoms with van der Waals surface area (Å²) >= 11 is 0. The standard InChI is InChI=1S/C14H22N4O/c1-10-15-13(8-14(16-10)17(3)4)12-6-5-7-18(9-12)11(2)19/h8,12H,5-7,9H2,1-4H3/t12-/m0/s1. The summed E-state index contributed by atoms with van der Waals surface area (Å²) in [5.74, 6) is 2.21. The van der Waals surface area contributed by atoms with Crippen LogP contribution in [0.2, 0.25) is 0 Å². The van der Waals surface area contributed by atoms with Crippen molar-refractivity contribution in [2.75, 3.05) is 32.1 Å². The molecular formula is C14H22N4O. The molecule has 5 nitrogen and oxygen atoms in total. The molecule has 1 fully saturated rings. The number of amides is 1. The fraction of sp³-hybridized carbons (Fsp3) is 0.643. The van der Waals surface area contributed by atoms with Crippen molar-refractivity contribution in [2.45, 2.75) is 32.6 Å². The summed E-state index contributed by atoms with van der Waals surface area (Å²) in [5.41, 5.74) is 1.06. The summed E-state index contributed by atoms with van der Waals surface area (Å²) in [6, 6.07) is 2.04. The minimum absolute atomic E-state index is 0.156. The lowest BCUT2D eigenvalue weighted by atomic mass is 9.94. The third-order valence-corrected chi connectivity index (χ3v) is 3.59. The van der Waals surface area contributed by atoms with Crippen LogP contribution in [0.5, 0.6) is 0 Å². The van der Waals surface area contributed by atoms with Gasteiger partial charge in [-0.15, -0.1) is 0 Å². The lowest BCUT2D eigenvalue weighted by molar-refractivity contribution is -0.130. The minimum atomic E-state index is 0.156. The Balaban J connectivity index is 2.23. The number of anilines is 1. The first kappa shape index (κ1) is 13.8. The van der Waals surface area contributed by atoms with Crippen molar-refractivity contribution in [3.8, 4) is 0 Å². The molecule has 104 valence electrons. The molecule has 0 aromatic carbocycles. The number of nitrogens with zero attached hydrogens (tertiary/aromatic N) is 4. The number of likely N-dealkylation sites (tertiary alicyclic amines) is 1. The Kier molecular flexibility index (Phi) is 4.02. The molecule has 1 aromatic heterocycles. The number of rotatable bonds is 2. The van der Waals surface area contributed by atoms with Crippen molar-refractivity contribution in [1.82, 2.24) is 14.9 Å². The quantitative estimate of drug-likeness (QED) is 0.812. The Morgan fingerprint density at radius 2 is 2.16 bits per heavy atom. The van der Waals surface area contributed by atoms with Crippen molar-refractivity contribution in [3.63, 3.8) is 0 Å². The Labute approximate surface area is 114 Å². The second-order valence-corrected chi connectivity index (χ2v) is 5.40. The molecule has 0 N–H and O–H groups in total. The van der Waals surface area contributed by atoms with Gasteiger partial charge in [0.25, 0.3) is 0 Å². The van der Waals surface area contributed by atoms with Crippen molar-refractivity contribution in [3.05, 3.63) is 17.6 Å². The van der Waals surface area contributed by atoms with Crippen LogP contribution in [0.1, 0.15) is 37.2 Å². The zero-order valence-electron chi connectivity index (χ0n) is 12.2. The van der Waals surface area contributed by atoms with E-state index in [1.54, 1.807) is 6.92 Å². The number of hydrogen-bond donors (Lipinski definition) is 0. The molecule has 2 rings (SSSR count). The molecular weight excluding hydrogens is 240 g/mol. The van der Waals surface area contributed by atoms with Crippen LogP contribution in [0, 0.1) is 6.92 Å². The number of carbonyl (C=O) groups is 1. The molecule has 0 radical (unpaired) electrons. The lowest BCUT2D eigenvalue weighted by Crippen LogP contribution is -2.38. The van der Waals surface area contributed by atoms with Gasteiger partial charge in [-0.25, -0.2) is 9.97 Å². The Bertz CT molecular complexity index is 473. The number of hydrogen-bond acceptors (Lipinski definition) is 4. The SMILES string of the molecule is CC(=O)N1CCC[C@H](c2cc(N(C)C)nc(C)n2)C1. The molecule has 0 aliphatic carbocycles. The predicted octanol–water partition coefficient (Wildman–Crippen LogP) is 1.58. The van der Waals surface area contributed by atoms with Gasteiger partial charge in [-0.3, -0.25) is 4.79 Å². The Morgan fingerprint density at radius 1 is 1.42 bits per heavy atom. The second-order valence-electron chi connectivity index (χ2n) is 5.40. The topological polar surface area (TPSA) is 49.3 Å². The monoisotopic (exact) mass is 262 g/mol. The molecule has 1 saturated heterocycles. The largest absolute Gasteiger partial charge is 0.363 e. The molecule has 0 bridgehead atoms. The van der Waals surface area contributed by atoms with Gasteiger partial charge < -0.3 is 9.80 Å². The summed E-state index contributed by atoms with van der Waals surface area (Å²) in [6.07, 6.45) is 2.14. The highest BCUT2D eigenvalue weighted by Gasteiger charge is 2.24. The van der Waals surface area contributed by atoms with Crippen LogP contribution >= 0.6 is 0 Å². The first-order valence-electron chi connectivity index (χ1n) is 6.76. The van der Waals surface area contributed by atoms with Crippen LogP contribution < -0.4 is 4.90 Å². The van der Waals surface area contributed by atoms with Crippen LogP contribution in [-0.4, -0.2) is 48.0 Å². The fourth-order valence-corrected chi connectivity index (χ4v) is 2.52. The number of carbonyl (C=O) groups excluding carboxylic acids is 1. The van der Waals surface area contributed by atoms with E-state index in [-0.39, 0.29) is 5.91 Å². The zero-order valence-corrected chi connectivity index (χ0v) is 12.2. The van der Waals surface area contributed by atoms with Crippen molar-refractivity contribution in [1.29, 1.82) is 0 Å². The number of aromatic nitrogens is 2. The van der Waals surface area contributed by atoms with E-state index in [0.29, 0.717) is 5.92 Å². The molecule has 2 heterocycles. The van der Waals surface area contributed by atoms with Gasteiger partial charge in [-0.2, -0.15) is 0 Å². The highest BCUT2D eigenvalue weighted by Crippen LogP contribution is 2.27. The summed E-state index contributed by atoms with van der Waals surface area (Å²) in [7, 11) is 3.96. The molecule has 0 unspecified atom stereocenters. The van der Waals surface area contributed by atoms with Crippen molar-refractivity contribution in [2.24, 2.45) is 0 Å². The third-order valence-electron chi connectivity index (χ3n) is 3.59. The van der Waals surface area contributed by atoms with E-state index in [0.717, 1.165) is 43.3 Å².